The van der Waals surface area contributed by atoms with Crippen LogP contribution in [-0.2, 0) is 13.0 Å². The lowest BCUT2D eigenvalue weighted by molar-refractivity contribution is 0.674. The fraction of sp³-hybridized carbons (Fsp3) is 0.267. The van der Waals surface area contributed by atoms with E-state index in [0.717, 1.165) is 36.7 Å². The summed E-state index contributed by atoms with van der Waals surface area (Å²) in [5, 5.41) is 0. The standard InChI is InChI=1S/C15H16N4/c1-2-6-14-18-15-13(16-11-17-15)10-19(14)9-12-7-4-3-5-8-12/h3-5,7-8,10-11H,2,6,9H2,1H3. The van der Waals surface area contributed by atoms with Crippen LogP contribution in [0, 0.1) is 0 Å². The van der Waals surface area contributed by atoms with Crippen LogP contribution in [0.1, 0.15) is 24.7 Å². The number of benzene rings is 1. The summed E-state index contributed by atoms with van der Waals surface area (Å²) in [6.45, 7) is 2.99. The van der Waals surface area contributed by atoms with Gasteiger partial charge in [-0.3, -0.25) is 0 Å². The third-order valence-corrected chi connectivity index (χ3v) is 3.12. The van der Waals surface area contributed by atoms with Gasteiger partial charge in [0.15, 0.2) is 5.82 Å². The van der Waals surface area contributed by atoms with Gasteiger partial charge in [0.2, 0.25) is 0 Å². The normalized spacial score (nSPS) is 11.0. The van der Waals surface area contributed by atoms with Gasteiger partial charge in [0.1, 0.15) is 17.8 Å². The monoisotopic (exact) mass is 252 g/mol. The summed E-state index contributed by atoms with van der Waals surface area (Å²) in [5.74, 6) is 1.81. The van der Waals surface area contributed by atoms with E-state index in [-0.39, 0.29) is 0 Å². The number of imidazole rings is 1. The van der Waals surface area contributed by atoms with Gasteiger partial charge in [-0.15, -0.1) is 0 Å². The van der Waals surface area contributed by atoms with Crippen molar-refractivity contribution in [3.8, 4) is 11.5 Å². The Balaban J connectivity index is 2.01. The van der Waals surface area contributed by atoms with E-state index in [1.807, 2.05) is 12.3 Å². The Labute approximate surface area is 112 Å². The van der Waals surface area contributed by atoms with Crippen LogP contribution in [0.25, 0.3) is 11.5 Å². The summed E-state index contributed by atoms with van der Waals surface area (Å²) >= 11 is 0. The van der Waals surface area contributed by atoms with Gasteiger partial charge in [-0.1, -0.05) is 37.3 Å². The summed E-state index contributed by atoms with van der Waals surface area (Å²) in [5.41, 5.74) is 2.13. The second-order valence-corrected chi connectivity index (χ2v) is 4.60. The number of fused-ring (bicyclic) bond motifs is 1. The van der Waals surface area contributed by atoms with Crippen molar-refractivity contribution in [1.29, 1.82) is 0 Å². The van der Waals surface area contributed by atoms with Gasteiger partial charge < -0.3 is 4.57 Å². The summed E-state index contributed by atoms with van der Waals surface area (Å²) in [6.07, 6.45) is 5.64. The van der Waals surface area contributed by atoms with Crippen molar-refractivity contribution in [2.75, 3.05) is 0 Å². The molecule has 2 aliphatic heterocycles. The van der Waals surface area contributed by atoms with Crippen LogP contribution in [0.2, 0.25) is 0 Å². The van der Waals surface area contributed by atoms with Gasteiger partial charge in [-0.05, 0) is 12.0 Å². The maximum Gasteiger partial charge on any atom is 0.182 e. The van der Waals surface area contributed by atoms with Gasteiger partial charge in [-0.25, -0.2) is 15.0 Å². The van der Waals surface area contributed by atoms with Crippen LogP contribution in [0.15, 0.2) is 42.9 Å². The first-order valence-corrected chi connectivity index (χ1v) is 6.57. The molecule has 0 aromatic heterocycles. The summed E-state index contributed by atoms with van der Waals surface area (Å²) in [7, 11) is 0. The summed E-state index contributed by atoms with van der Waals surface area (Å²) in [6, 6.07) is 10.4. The molecule has 0 saturated heterocycles. The maximum atomic E-state index is 4.61. The van der Waals surface area contributed by atoms with Crippen molar-refractivity contribution in [2.45, 2.75) is 26.3 Å². The molecule has 1 aromatic carbocycles. The Morgan fingerprint density at radius 2 is 1.95 bits per heavy atom. The fourth-order valence-corrected chi connectivity index (χ4v) is 2.20. The van der Waals surface area contributed by atoms with Crippen LogP contribution < -0.4 is 0 Å². The van der Waals surface area contributed by atoms with Crippen molar-refractivity contribution < 1.29 is 0 Å². The van der Waals surface area contributed by atoms with E-state index >= 15 is 0 Å². The zero-order valence-corrected chi connectivity index (χ0v) is 11.0. The Bertz CT molecular complexity index is 630. The molecule has 0 radical (unpaired) electrons. The number of rotatable bonds is 4. The molecule has 2 heterocycles. The molecule has 0 unspecified atom stereocenters. The molecule has 2 aliphatic rings. The highest BCUT2D eigenvalue weighted by atomic mass is 15.1. The Morgan fingerprint density at radius 1 is 1.11 bits per heavy atom. The first-order chi connectivity index (χ1) is 9.36. The third-order valence-electron chi connectivity index (χ3n) is 3.12. The first kappa shape index (κ1) is 11.8. The van der Waals surface area contributed by atoms with Crippen LogP contribution >= 0.6 is 0 Å². The molecular weight excluding hydrogens is 236 g/mol. The smallest absolute Gasteiger partial charge is 0.182 e. The summed E-state index contributed by atoms with van der Waals surface area (Å²) < 4.78 is 2.18. The van der Waals surface area contributed by atoms with E-state index in [9.17, 15) is 0 Å². The molecule has 4 nitrogen and oxygen atoms in total. The van der Waals surface area contributed by atoms with Gasteiger partial charge in [0, 0.05) is 19.2 Å². The molecule has 19 heavy (non-hydrogen) atoms. The van der Waals surface area contributed by atoms with Crippen molar-refractivity contribution in [3.63, 3.8) is 0 Å². The predicted molar refractivity (Wildman–Crippen MR) is 74.0 cm³/mol. The molecule has 4 heteroatoms. The topological polar surface area (TPSA) is 43.6 Å². The van der Waals surface area contributed by atoms with Gasteiger partial charge in [-0.2, -0.15) is 0 Å². The van der Waals surface area contributed by atoms with E-state index in [0.29, 0.717) is 0 Å². The van der Waals surface area contributed by atoms with Crippen LogP contribution in [-0.4, -0.2) is 19.5 Å². The molecule has 0 atom stereocenters. The van der Waals surface area contributed by atoms with Gasteiger partial charge >= 0.3 is 0 Å². The highest BCUT2D eigenvalue weighted by Gasteiger charge is 2.12. The lowest BCUT2D eigenvalue weighted by Gasteiger charge is -2.14. The van der Waals surface area contributed by atoms with E-state index in [1.54, 1.807) is 6.33 Å². The number of hydrogen-bond acceptors (Lipinski definition) is 3. The van der Waals surface area contributed by atoms with Crippen LogP contribution in [0.5, 0.6) is 0 Å². The van der Waals surface area contributed by atoms with E-state index in [4.69, 9.17) is 0 Å². The lowest BCUT2D eigenvalue weighted by Crippen LogP contribution is -2.11. The average Bonchev–Trinajstić information content (AvgIpc) is 2.88. The molecule has 96 valence electrons. The number of aromatic nitrogens is 4. The fourth-order valence-electron chi connectivity index (χ4n) is 2.20. The second-order valence-electron chi connectivity index (χ2n) is 4.60. The minimum atomic E-state index is 0.743. The molecule has 0 spiro atoms. The minimum absolute atomic E-state index is 0.743. The molecule has 0 amide bonds. The number of nitrogens with zero attached hydrogens (tertiary/aromatic N) is 4. The Kier molecular flexibility index (Phi) is 3.23. The maximum absolute atomic E-state index is 4.61. The van der Waals surface area contributed by atoms with Gasteiger partial charge in [0.05, 0.1) is 0 Å². The van der Waals surface area contributed by atoms with Gasteiger partial charge in [0.25, 0.3) is 0 Å². The van der Waals surface area contributed by atoms with E-state index in [1.165, 1.54) is 5.56 Å². The minimum Gasteiger partial charge on any atom is -0.330 e. The summed E-state index contributed by atoms with van der Waals surface area (Å²) in [4.78, 5) is 13.0. The Morgan fingerprint density at radius 3 is 2.74 bits per heavy atom. The zero-order valence-electron chi connectivity index (χ0n) is 11.0. The van der Waals surface area contributed by atoms with E-state index < -0.39 is 0 Å². The molecule has 0 saturated carbocycles. The number of aryl methyl sites for hydroxylation is 1. The molecule has 0 aliphatic carbocycles. The first-order valence-electron chi connectivity index (χ1n) is 6.57. The third kappa shape index (κ3) is 2.47. The van der Waals surface area contributed by atoms with Crippen molar-refractivity contribution >= 4 is 0 Å². The number of hydrogen-bond donors (Lipinski definition) is 0. The highest BCUT2D eigenvalue weighted by molar-refractivity contribution is 5.48. The SMILES string of the molecule is CCCc1nc2ncnc-2cn1Cc1ccccc1. The predicted octanol–water partition coefficient (Wildman–Crippen LogP) is 2.78. The van der Waals surface area contributed by atoms with Crippen molar-refractivity contribution in [2.24, 2.45) is 0 Å². The molecule has 0 N–H and O–H groups in total. The average molecular weight is 252 g/mol. The second kappa shape index (κ2) is 5.18. The Hall–Kier alpha value is -2.23. The highest BCUT2D eigenvalue weighted by Crippen LogP contribution is 2.17. The molecule has 0 fully saturated rings. The molecule has 0 bridgehead atoms. The molecule has 1 aromatic rings. The van der Waals surface area contributed by atoms with E-state index in [2.05, 4.69) is 50.7 Å². The largest absolute Gasteiger partial charge is 0.330 e. The van der Waals surface area contributed by atoms with Crippen molar-refractivity contribution in [3.05, 3.63) is 54.2 Å². The van der Waals surface area contributed by atoms with Crippen molar-refractivity contribution in [1.82, 2.24) is 19.5 Å². The quantitative estimate of drug-likeness (QED) is 0.717. The molecule has 3 rings (SSSR count). The molecular formula is C15H16N4. The van der Waals surface area contributed by atoms with Crippen LogP contribution in [0.4, 0.5) is 0 Å². The zero-order chi connectivity index (χ0) is 13.1. The van der Waals surface area contributed by atoms with Crippen LogP contribution in [0.3, 0.4) is 0 Å². The lowest BCUT2D eigenvalue weighted by atomic mass is 10.2.